The van der Waals surface area contributed by atoms with Crippen LogP contribution in [0, 0.1) is 6.92 Å². The lowest BCUT2D eigenvalue weighted by Gasteiger charge is -2.13. The zero-order valence-corrected chi connectivity index (χ0v) is 16.9. The lowest BCUT2D eigenvalue weighted by Crippen LogP contribution is -2.38. The molecule has 0 aliphatic carbocycles. The van der Waals surface area contributed by atoms with Crippen molar-refractivity contribution in [1.29, 1.82) is 0 Å². The number of hydrogen-bond acceptors (Lipinski definition) is 1. The first-order chi connectivity index (χ1) is 14.8. The van der Waals surface area contributed by atoms with Crippen molar-refractivity contribution in [1.82, 2.24) is 0 Å². The van der Waals surface area contributed by atoms with Crippen LogP contribution in [0.4, 0.5) is 23.0 Å². The van der Waals surface area contributed by atoms with E-state index in [0.717, 1.165) is 39.5 Å². The van der Waals surface area contributed by atoms with Gasteiger partial charge in [0.1, 0.15) is 5.69 Å². The number of halogens is 4. The average molecular weight is 424 g/mol. The van der Waals surface area contributed by atoms with Crippen LogP contribution >= 0.6 is 0 Å². The summed E-state index contributed by atoms with van der Waals surface area (Å²) in [5.74, 6) is 0. The summed E-state index contributed by atoms with van der Waals surface area (Å²) in [6, 6.07) is 33.3. The fourth-order valence-corrected chi connectivity index (χ4v) is 3.36. The summed E-state index contributed by atoms with van der Waals surface area (Å²) >= 11 is 0. The Labute approximate surface area is 178 Å². The predicted molar refractivity (Wildman–Crippen MR) is 118 cm³/mol. The van der Waals surface area contributed by atoms with E-state index < -0.39 is 7.25 Å². The molecule has 1 heterocycles. The van der Waals surface area contributed by atoms with Crippen LogP contribution in [0.3, 0.4) is 0 Å². The van der Waals surface area contributed by atoms with Gasteiger partial charge in [0.15, 0.2) is 0 Å². The minimum absolute atomic E-state index is 0.805. The van der Waals surface area contributed by atoms with Gasteiger partial charge >= 0.3 is 7.25 Å². The minimum atomic E-state index is -6.00. The number of anilines is 1. The lowest BCUT2D eigenvalue weighted by atomic mass is 9.99. The Morgan fingerprint density at radius 2 is 1.10 bits per heavy atom. The van der Waals surface area contributed by atoms with Crippen molar-refractivity contribution in [2.45, 2.75) is 6.92 Å². The third-order valence-electron chi connectivity index (χ3n) is 4.71. The number of rotatable bonds is 3. The molecule has 0 fully saturated rings. The number of nitrogens with two attached hydrogens (primary N) is 1. The van der Waals surface area contributed by atoms with E-state index in [0.29, 0.717) is 0 Å². The Morgan fingerprint density at radius 3 is 1.58 bits per heavy atom. The molecule has 1 aromatic heterocycles. The van der Waals surface area contributed by atoms with Crippen LogP contribution in [0.25, 0.3) is 28.1 Å². The normalized spacial score (nSPS) is 10.9. The number of hydrogen-bond donors (Lipinski definition) is 1. The van der Waals surface area contributed by atoms with E-state index in [1.807, 2.05) is 30.3 Å². The molecule has 0 atom stereocenters. The van der Waals surface area contributed by atoms with Crippen molar-refractivity contribution in [2.75, 3.05) is 5.73 Å². The Kier molecular flexibility index (Phi) is 6.75. The fraction of sp³-hybridized carbons (Fsp3) is 0.0417. The van der Waals surface area contributed by atoms with Crippen LogP contribution in [0.2, 0.25) is 0 Å². The number of nitrogen functional groups attached to an aromatic ring is 1. The van der Waals surface area contributed by atoms with Crippen LogP contribution in [-0.4, -0.2) is 7.25 Å². The molecule has 0 spiro atoms. The summed E-state index contributed by atoms with van der Waals surface area (Å²) in [6.07, 6.45) is 0. The van der Waals surface area contributed by atoms with E-state index in [4.69, 9.17) is 5.73 Å². The molecule has 0 saturated carbocycles. The topological polar surface area (TPSA) is 29.9 Å². The maximum absolute atomic E-state index is 9.75. The van der Waals surface area contributed by atoms with Crippen molar-refractivity contribution in [2.24, 2.45) is 0 Å². The smallest absolute Gasteiger partial charge is 0.418 e. The molecule has 4 rings (SSSR count). The van der Waals surface area contributed by atoms with Gasteiger partial charge < -0.3 is 23.0 Å². The van der Waals surface area contributed by atoms with Crippen molar-refractivity contribution in [3.05, 3.63) is 103 Å². The fourth-order valence-electron chi connectivity index (χ4n) is 3.36. The molecule has 2 nitrogen and oxygen atoms in total. The van der Waals surface area contributed by atoms with E-state index in [9.17, 15) is 17.3 Å². The van der Waals surface area contributed by atoms with E-state index in [-0.39, 0.29) is 0 Å². The molecule has 158 valence electrons. The van der Waals surface area contributed by atoms with E-state index in [2.05, 4.69) is 78.2 Å². The van der Waals surface area contributed by atoms with Crippen molar-refractivity contribution in [3.63, 3.8) is 0 Å². The second kappa shape index (κ2) is 9.47. The van der Waals surface area contributed by atoms with E-state index >= 15 is 0 Å². The summed E-state index contributed by atoms with van der Waals surface area (Å²) in [5.41, 5.74) is 14.0. The molecule has 0 amide bonds. The molecule has 0 saturated heterocycles. The standard InChI is InChI=1S/C24H21N2.BF4/c1-18-24(25)22(19-11-5-2-6-12-19)17-23(20-13-7-3-8-14-20)26(18)21-15-9-4-10-16-21;2-1(3,4)5/h2-17H,25H2,1H3;/q+1;-1. The maximum atomic E-state index is 9.75. The molecule has 3 aromatic carbocycles. The predicted octanol–water partition coefficient (Wildman–Crippen LogP) is 6.49. The third-order valence-corrected chi connectivity index (χ3v) is 4.71. The molecule has 7 heteroatoms. The molecular formula is C24H21BF4N2. The Morgan fingerprint density at radius 1 is 0.677 bits per heavy atom. The molecule has 4 aromatic rings. The average Bonchev–Trinajstić information content (AvgIpc) is 2.76. The molecule has 2 N–H and O–H groups in total. The van der Waals surface area contributed by atoms with Gasteiger partial charge in [-0.1, -0.05) is 66.7 Å². The monoisotopic (exact) mass is 424 g/mol. The highest BCUT2D eigenvalue weighted by molar-refractivity contribution is 6.50. The highest BCUT2D eigenvalue weighted by Gasteiger charge is 2.24. The summed E-state index contributed by atoms with van der Waals surface area (Å²) in [6.45, 7) is 2.08. The quantitative estimate of drug-likeness (QED) is 0.228. The Hall–Kier alpha value is -3.61. The van der Waals surface area contributed by atoms with Gasteiger partial charge in [0.2, 0.25) is 17.1 Å². The number of aromatic nitrogens is 1. The zero-order valence-electron chi connectivity index (χ0n) is 16.9. The highest BCUT2D eigenvalue weighted by Crippen LogP contribution is 2.31. The number of pyridine rings is 1. The van der Waals surface area contributed by atoms with Crippen molar-refractivity contribution < 1.29 is 21.8 Å². The molecular weight excluding hydrogens is 403 g/mol. The van der Waals surface area contributed by atoms with Gasteiger partial charge in [-0.2, -0.15) is 4.57 Å². The lowest BCUT2D eigenvalue weighted by molar-refractivity contribution is -0.590. The molecule has 0 aliphatic rings. The molecule has 0 radical (unpaired) electrons. The van der Waals surface area contributed by atoms with Gasteiger partial charge in [0, 0.05) is 36.2 Å². The maximum Gasteiger partial charge on any atom is 0.673 e. The first-order valence-electron chi connectivity index (χ1n) is 9.64. The van der Waals surface area contributed by atoms with Crippen LogP contribution in [0.5, 0.6) is 0 Å². The highest BCUT2D eigenvalue weighted by atomic mass is 19.5. The van der Waals surface area contributed by atoms with Gasteiger partial charge in [0.25, 0.3) is 0 Å². The molecule has 0 unspecified atom stereocenters. The van der Waals surface area contributed by atoms with Crippen LogP contribution in [-0.2, 0) is 0 Å². The van der Waals surface area contributed by atoms with Crippen molar-refractivity contribution >= 4 is 12.9 Å². The first kappa shape index (κ1) is 22.1. The molecule has 0 bridgehead atoms. The van der Waals surface area contributed by atoms with E-state index in [1.165, 1.54) is 0 Å². The first-order valence-corrected chi connectivity index (χ1v) is 9.64. The Bertz CT molecular complexity index is 1130. The van der Waals surface area contributed by atoms with Crippen LogP contribution < -0.4 is 10.3 Å². The van der Waals surface area contributed by atoms with Gasteiger partial charge in [-0.3, -0.25) is 0 Å². The van der Waals surface area contributed by atoms with Gasteiger partial charge in [-0.05, 0) is 17.7 Å². The van der Waals surface area contributed by atoms with Gasteiger partial charge in [-0.25, -0.2) is 0 Å². The third kappa shape index (κ3) is 5.72. The second-order valence-electron chi connectivity index (χ2n) is 6.84. The Balaban J connectivity index is 0.000000491. The summed E-state index contributed by atoms with van der Waals surface area (Å²) in [7, 11) is -6.00. The number of nitrogens with zero attached hydrogens (tertiary/aromatic N) is 1. The minimum Gasteiger partial charge on any atom is -0.418 e. The number of benzene rings is 3. The zero-order chi connectivity index (χ0) is 22.4. The van der Waals surface area contributed by atoms with Crippen molar-refractivity contribution in [3.8, 4) is 28.1 Å². The summed E-state index contributed by atoms with van der Waals surface area (Å²) in [4.78, 5) is 0. The molecule has 31 heavy (non-hydrogen) atoms. The summed E-state index contributed by atoms with van der Waals surface area (Å²) < 4.78 is 41.2. The van der Waals surface area contributed by atoms with E-state index in [1.54, 1.807) is 0 Å². The van der Waals surface area contributed by atoms with Gasteiger partial charge in [-0.15, -0.1) is 0 Å². The van der Waals surface area contributed by atoms with Crippen LogP contribution in [0.15, 0.2) is 97.1 Å². The number of para-hydroxylation sites is 1. The summed E-state index contributed by atoms with van der Waals surface area (Å²) in [5, 5.41) is 0. The largest absolute Gasteiger partial charge is 0.673 e. The molecule has 0 aliphatic heterocycles. The second-order valence-corrected chi connectivity index (χ2v) is 6.84. The van der Waals surface area contributed by atoms with Crippen LogP contribution in [0.1, 0.15) is 5.69 Å². The SMILES string of the molecule is Cc1c(N)c(-c2ccccc2)cc(-c2ccccc2)[n+]1-c1ccccc1.F[B-](F)(F)F. The van der Waals surface area contributed by atoms with Gasteiger partial charge in [0.05, 0.1) is 0 Å².